The summed E-state index contributed by atoms with van der Waals surface area (Å²) >= 11 is 0. The fraction of sp³-hybridized carbons (Fsp3) is 0.269. The minimum absolute atomic E-state index is 0.166. The topological polar surface area (TPSA) is 67.2 Å². The number of benzene rings is 2. The maximum atomic E-state index is 13.0. The number of nitrogens with one attached hydrogen (secondary N) is 1. The molecule has 0 saturated heterocycles. The second kappa shape index (κ2) is 10.6. The van der Waals surface area contributed by atoms with Gasteiger partial charge in [0.2, 0.25) is 5.91 Å². The van der Waals surface area contributed by atoms with E-state index in [0.29, 0.717) is 30.4 Å². The highest BCUT2D eigenvalue weighted by atomic mass is 16.2. The quantitative estimate of drug-likeness (QED) is 0.504. The van der Waals surface area contributed by atoms with Crippen LogP contribution in [-0.2, 0) is 4.79 Å². The van der Waals surface area contributed by atoms with Gasteiger partial charge in [0.15, 0.2) is 0 Å². The van der Waals surface area contributed by atoms with Gasteiger partial charge in [-0.05, 0) is 49.1 Å². The predicted molar refractivity (Wildman–Crippen MR) is 129 cm³/mol. The monoisotopic (exact) mass is 430 g/mol. The van der Waals surface area contributed by atoms with E-state index in [1.54, 1.807) is 15.7 Å². The first-order valence-corrected chi connectivity index (χ1v) is 11.0. The molecular formula is C26H30N4O2. The zero-order valence-electron chi connectivity index (χ0n) is 19.1. The molecule has 1 heterocycles. The fourth-order valence-electron chi connectivity index (χ4n) is 3.39. The number of hydrogen-bond donors (Lipinski definition) is 1. The van der Waals surface area contributed by atoms with Gasteiger partial charge in [-0.2, -0.15) is 5.10 Å². The summed E-state index contributed by atoms with van der Waals surface area (Å²) in [5.74, 6) is 0.319. The number of amides is 2. The van der Waals surface area contributed by atoms with Crippen molar-refractivity contribution in [3.63, 3.8) is 0 Å². The van der Waals surface area contributed by atoms with Crippen LogP contribution in [0.3, 0.4) is 0 Å². The van der Waals surface area contributed by atoms with Gasteiger partial charge in [0, 0.05) is 19.2 Å². The van der Waals surface area contributed by atoms with Gasteiger partial charge >= 0.3 is 0 Å². The van der Waals surface area contributed by atoms with Crippen LogP contribution in [0.15, 0.2) is 66.9 Å². The Labute approximate surface area is 189 Å². The Morgan fingerprint density at radius 2 is 1.69 bits per heavy atom. The van der Waals surface area contributed by atoms with E-state index >= 15 is 0 Å². The lowest BCUT2D eigenvalue weighted by Gasteiger charge is -2.19. The van der Waals surface area contributed by atoms with Crippen LogP contribution < -0.4 is 5.32 Å². The summed E-state index contributed by atoms with van der Waals surface area (Å²) in [6.07, 6.45) is 4.74. The second-order valence-corrected chi connectivity index (χ2v) is 7.78. The molecule has 0 atom stereocenters. The van der Waals surface area contributed by atoms with E-state index in [2.05, 4.69) is 36.4 Å². The van der Waals surface area contributed by atoms with Crippen molar-refractivity contribution in [1.82, 2.24) is 14.7 Å². The van der Waals surface area contributed by atoms with Crippen LogP contribution in [0, 0.1) is 0 Å². The van der Waals surface area contributed by atoms with E-state index < -0.39 is 0 Å². The van der Waals surface area contributed by atoms with Crippen molar-refractivity contribution in [2.24, 2.45) is 0 Å². The predicted octanol–water partition coefficient (Wildman–Crippen LogP) is 5.13. The fourth-order valence-corrected chi connectivity index (χ4v) is 3.39. The van der Waals surface area contributed by atoms with Crippen LogP contribution in [0.5, 0.6) is 0 Å². The largest absolute Gasteiger partial charge is 0.339 e. The molecule has 0 aliphatic rings. The van der Waals surface area contributed by atoms with Crippen LogP contribution in [0.2, 0.25) is 0 Å². The highest BCUT2D eigenvalue weighted by Gasteiger charge is 2.23. The number of para-hydroxylation sites is 1. The van der Waals surface area contributed by atoms with Crippen LogP contribution in [-0.4, -0.2) is 39.6 Å². The Hall–Kier alpha value is -3.67. The summed E-state index contributed by atoms with van der Waals surface area (Å²) < 4.78 is 1.58. The molecule has 6 heteroatoms. The number of hydrogen-bond acceptors (Lipinski definition) is 3. The van der Waals surface area contributed by atoms with Gasteiger partial charge in [-0.15, -0.1) is 0 Å². The van der Waals surface area contributed by atoms with Crippen LogP contribution in [0.4, 0.5) is 5.82 Å². The lowest BCUT2D eigenvalue weighted by molar-refractivity contribution is -0.111. The van der Waals surface area contributed by atoms with Gasteiger partial charge in [-0.3, -0.25) is 9.59 Å². The molecule has 0 saturated carbocycles. The van der Waals surface area contributed by atoms with Crippen LogP contribution in [0.1, 0.15) is 55.1 Å². The lowest BCUT2D eigenvalue weighted by Crippen LogP contribution is -2.31. The van der Waals surface area contributed by atoms with Gasteiger partial charge < -0.3 is 10.2 Å². The van der Waals surface area contributed by atoms with E-state index in [9.17, 15) is 9.59 Å². The molecule has 32 heavy (non-hydrogen) atoms. The average Bonchev–Trinajstić information content (AvgIpc) is 3.22. The molecule has 2 amide bonds. The summed E-state index contributed by atoms with van der Waals surface area (Å²) in [6, 6.07) is 17.5. The summed E-state index contributed by atoms with van der Waals surface area (Å²) in [5.41, 5.74) is 3.30. The van der Waals surface area contributed by atoms with Crippen molar-refractivity contribution in [2.75, 3.05) is 18.4 Å². The van der Waals surface area contributed by atoms with Crippen molar-refractivity contribution in [1.29, 1.82) is 0 Å². The zero-order valence-corrected chi connectivity index (χ0v) is 19.1. The molecule has 0 aliphatic carbocycles. The molecule has 0 unspecified atom stereocenters. The lowest BCUT2D eigenvalue weighted by atomic mass is 10.0. The van der Waals surface area contributed by atoms with Gasteiger partial charge in [0.25, 0.3) is 5.91 Å². The number of anilines is 1. The third kappa shape index (κ3) is 5.32. The maximum Gasteiger partial charge on any atom is 0.259 e. The number of rotatable bonds is 8. The standard InChI is InChI=1S/C26H30N4O2/c1-5-29(6-2)26(32)23-18-27-30(22-10-8-7-9-11-22)25(23)28-24(31)17-14-20-12-15-21(16-13-20)19(3)4/h7-19H,5-6H2,1-4H3,(H,28,31)/b17-14+. The minimum atomic E-state index is -0.329. The molecule has 0 radical (unpaired) electrons. The molecule has 166 valence electrons. The molecule has 0 fully saturated rings. The molecule has 3 aromatic rings. The van der Waals surface area contributed by atoms with E-state index in [1.807, 2.05) is 56.3 Å². The van der Waals surface area contributed by atoms with E-state index in [4.69, 9.17) is 0 Å². The molecule has 1 N–H and O–H groups in total. The van der Waals surface area contributed by atoms with E-state index in [-0.39, 0.29) is 11.8 Å². The van der Waals surface area contributed by atoms with E-state index in [1.165, 1.54) is 17.8 Å². The molecule has 1 aromatic heterocycles. The third-order valence-corrected chi connectivity index (χ3v) is 5.32. The van der Waals surface area contributed by atoms with Crippen molar-refractivity contribution < 1.29 is 9.59 Å². The summed E-state index contributed by atoms with van der Waals surface area (Å²) in [6.45, 7) is 9.29. The molecule has 0 bridgehead atoms. The van der Waals surface area contributed by atoms with Crippen molar-refractivity contribution in [3.05, 3.63) is 83.6 Å². The Morgan fingerprint density at radius 1 is 1.03 bits per heavy atom. The number of nitrogens with zero attached hydrogens (tertiary/aromatic N) is 3. The highest BCUT2D eigenvalue weighted by molar-refractivity contribution is 6.07. The Bertz CT molecular complexity index is 1080. The highest BCUT2D eigenvalue weighted by Crippen LogP contribution is 2.22. The first kappa shape index (κ1) is 23.0. The first-order valence-electron chi connectivity index (χ1n) is 11.0. The SMILES string of the molecule is CCN(CC)C(=O)c1cnn(-c2ccccc2)c1NC(=O)/C=C/c1ccc(C(C)C)cc1. The summed E-state index contributed by atoms with van der Waals surface area (Å²) in [4.78, 5) is 27.5. The maximum absolute atomic E-state index is 13.0. The Morgan fingerprint density at radius 3 is 2.28 bits per heavy atom. The van der Waals surface area contributed by atoms with Gasteiger partial charge in [0.05, 0.1) is 11.9 Å². The molecular weight excluding hydrogens is 400 g/mol. The summed E-state index contributed by atoms with van der Waals surface area (Å²) in [7, 11) is 0. The number of aromatic nitrogens is 2. The summed E-state index contributed by atoms with van der Waals surface area (Å²) in [5, 5.41) is 7.25. The molecule has 3 rings (SSSR count). The molecule has 0 aliphatic heterocycles. The first-order chi connectivity index (χ1) is 15.4. The number of carbonyl (C=O) groups is 2. The van der Waals surface area contributed by atoms with Gasteiger partial charge in [-0.1, -0.05) is 56.3 Å². The Balaban J connectivity index is 1.88. The van der Waals surface area contributed by atoms with Crippen LogP contribution in [0.25, 0.3) is 11.8 Å². The Kier molecular flexibility index (Phi) is 7.60. The zero-order chi connectivity index (χ0) is 23.1. The molecule has 2 aromatic carbocycles. The van der Waals surface area contributed by atoms with Crippen molar-refractivity contribution >= 4 is 23.7 Å². The van der Waals surface area contributed by atoms with E-state index in [0.717, 1.165) is 11.3 Å². The van der Waals surface area contributed by atoms with Gasteiger partial charge in [-0.25, -0.2) is 4.68 Å². The van der Waals surface area contributed by atoms with Gasteiger partial charge in [0.1, 0.15) is 11.4 Å². The van der Waals surface area contributed by atoms with Crippen molar-refractivity contribution in [3.8, 4) is 5.69 Å². The van der Waals surface area contributed by atoms with Crippen molar-refractivity contribution in [2.45, 2.75) is 33.6 Å². The smallest absolute Gasteiger partial charge is 0.259 e. The average molecular weight is 431 g/mol. The minimum Gasteiger partial charge on any atom is -0.339 e. The van der Waals surface area contributed by atoms with Crippen LogP contribution >= 0.6 is 0 Å². The molecule has 0 spiro atoms. The second-order valence-electron chi connectivity index (χ2n) is 7.78. The third-order valence-electron chi connectivity index (χ3n) is 5.32. The normalized spacial score (nSPS) is 11.2. The number of carbonyl (C=O) groups excluding carboxylic acids is 2. The molecule has 6 nitrogen and oxygen atoms in total.